The molecule has 0 spiro atoms. The Hall–Kier alpha value is -2.93. The SMILES string of the molecule is Cc1ccc(S(=O)(=O)CCC(=O)N(C)Cc2c(C)nn(-c3ccccc3)c2C)cc1. The molecule has 1 amide bonds. The second-order valence-electron chi connectivity index (χ2n) is 7.53. The highest BCUT2D eigenvalue weighted by molar-refractivity contribution is 7.91. The van der Waals surface area contributed by atoms with Crippen LogP contribution in [-0.2, 0) is 21.2 Å². The average molecular weight is 426 g/mol. The van der Waals surface area contributed by atoms with E-state index in [1.165, 1.54) is 0 Å². The lowest BCUT2D eigenvalue weighted by atomic mass is 10.2. The van der Waals surface area contributed by atoms with E-state index in [0.717, 1.165) is 28.2 Å². The largest absolute Gasteiger partial charge is 0.341 e. The fourth-order valence-corrected chi connectivity index (χ4v) is 4.56. The number of hydrogen-bond acceptors (Lipinski definition) is 4. The van der Waals surface area contributed by atoms with Crippen LogP contribution in [0.2, 0.25) is 0 Å². The lowest BCUT2D eigenvalue weighted by Gasteiger charge is -2.18. The van der Waals surface area contributed by atoms with Crippen molar-refractivity contribution in [2.24, 2.45) is 0 Å². The Morgan fingerprint density at radius 3 is 2.27 bits per heavy atom. The summed E-state index contributed by atoms with van der Waals surface area (Å²) in [5.41, 5.74) is 4.74. The van der Waals surface area contributed by atoms with Crippen molar-refractivity contribution in [3.05, 3.63) is 77.1 Å². The van der Waals surface area contributed by atoms with Crippen molar-refractivity contribution >= 4 is 15.7 Å². The van der Waals surface area contributed by atoms with Crippen LogP contribution in [0.5, 0.6) is 0 Å². The molecule has 0 N–H and O–H groups in total. The van der Waals surface area contributed by atoms with Crippen molar-refractivity contribution in [2.45, 2.75) is 38.6 Å². The molecule has 6 nitrogen and oxygen atoms in total. The molecule has 0 aliphatic rings. The number of carbonyl (C=O) groups excluding carboxylic acids is 1. The third kappa shape index (κ3) is 4.79. The number of amides is 1. The van der Waals surface area contributed by atoms with E-state index in [2.05, 4.69) is 5.10 Å². The normalized spacial score (nSPS) is 11.5. The highest BCUT2D eigenvalue weighted by Gasteiger charge is 2.20. The summed E-state index contributed by atoms with van der Waals surface area (Å²) in [7, 11) is -1.80. The molecule has 0 bridgehead atoms. The van der Waals surface area contributed by atoms with Crippen molar-refractivity contribution < 1.29 is 13.2 Å². The van der Waals surface area contributed by atoms with Gasteiger partial charge in [0.15, 0.2) is 9.84 Å². The molecule has 7 heteroatoms. The zero-order valence-corrected chi connectivity index (χ0v) is 18.6. The van der Waals surface area contributed by atoms with E-state index in [1.54, 1.807) is 36.2 Å². The topological polar surface area (TPSA) is 72.3 Å². The fraction of sp³-hybridized carbons (Fsp3) is 0.304. The van der Waals surface area contributed by atoms with Gasteiger partial charge in [-0.25, -0.2) is 13.1 Å². The van der Waals surface area contributed by atoms with Crippen molar-refractivity contribution in [3.8, 4) is 5.69 Å². The summed E-state index contributed by atoms with van der Waals surface area (Å²) in [6.07, 6.45) is -0.0579. The molecule has 0 saturated heterocycles. The van der Waals surface area contributed by atoms with Crippen LogP contribution in [0.15, 0.2) is 59.5 Å². The van der Waals surface area contributed by atoms with E-state index in [1.807, 2.05) is 55.8 Å². The van der Waals surface area contributed by atoms with Crippen LogP contribution in [-0.4, -0.2) is 41.8 Å². The highest BCUT2D eigenvalue weighted by Crippen LogP contribution is 2.20. The summed E-state index contributed by atoms with van der Waals surface area (Å²) in [6, 6.07) is 16.5. The zero-order valence-electron chi connectivity index (χ0n) is 17.8. The van der Waals surface area contributed by atoms with E-state index in [9.17, 15) is 13.2 Å². The van der Waals surface area contributed by atoms with E-state index in [0.29, 0.717) is 6.54 Å². The van der Waals surface area contributed by atoms with Gasteiger partial charge in [-0.2, -0.15) is 5.10 Å². The second-order valence-corrected chi connectivity index (χ2v) is 9.64. The van der Waals surface area contributed by atoms with Gasteiger partial charge in [0.1, 0.15) is 0 Å². The Morgan fingerprint density at radius 2 is 1.63 bits per heavy atom. The van der Waals surface area contributed by atoms with E-state index in [4.69, 9.17) is 0 Å². The van der Waals surface area contributed by atoms with Crippen LogP contribution in [0.3, 0.4) is 0 Å². The first kappa shape index (κ1) is 21.8. The van der Waals surface area contributed by atoms with E-state index < -0.39 is 9.84 Å². The first-order chi connectivity index (χ1) is 14.2. The number of benzene rings is 2. The van der Waals surface area contributed by atoms with Gasteiger partial charge in [0, 0.05) is 31.3 Å². The number of nitrogens with zero attached hydrogens (tertiary/aromatic N) is 3. The predicted octanol–water partition coefficient (Wildman–Crippen LogP) is 3.62. The van der Waals surface area contributed by atoms with Crippen LogP contribution in [0.4, 0.5) is 0 Å². The van der Waals surface area contributed by atoms with Gasteiger partial charge in [-0.3, -0.25) is 4.79 Å². The molecule has 30 heavy (non-hydrogen) atoms. The van der Waals surface area contributed by atoms with Gasteiger partial charge in [0.25, 0.3) is 0 Å². The minimum atomic E-state index is -3.49. The van der Waals surface area contributed by atoms with Crippen LogP contribution >= 0.6 is 0 Å². The first-order valence-electron chi connectivity index (χ1n) is 9.83. The van der Waals surface area contributed by atoms with Gasteiger partial charge in [-0.15, -0.1) is 0 Å². The Morgan fingerprint density at radius 1 is 1.00 bits per heavy atom. The fourth-order valence-electron chi connectivity index (χ4n) is 3.33. The van der Waals surface area contributed by atoms with Gasteiger partial charge in [0.2, 0.25) is 5.91 Å². The predicted molar refractivity (Wildman–Crippen MR) is 117 cm³/mol. The van der Waals surface area contributed by atoms with Gasteiger partial charge >= 0.3 is 0 Å². The molecule has 0 atom stereocenters. The zero-order chi connectivity index (χ0) is 21.9. The van der Waals surface area contributed by atoms with Gasteiger partial charge < -0.3 is 4.90 Å². The number of rotatable bonds is 7. The van der Waals surface area contributed by atoms with Gasteiger partial charge in [-0.1, -0.05) is 35.9 Å². The van der Waals surface area contributed by atoms with E-state index >= 15 is 0 Å². The number of hydrogen-bond donors (Lipinski definition) is 0. The van der Waals surface area contributed by atoms with Crippen molar-refractivity contribution in [3.63, 3.8) is 0 Å². The molecule has 1 aromatic heterocycles. The van der Waals surface area contributed by atoms with Crippen molar-refractivity contribution in [1.29, 1.82) is 0 Å². The number of sulfone groups is 1. The minimum absolute atomic E-state index is 0.0579. The molecular formula is C23H27N3O3S. The molecule has 0 saturated carbocycles. The molecule has 0 radical (unpaired) electrons. The molecule has 3 aromatic rings. The molecule has 1 heterocycles. The molecule has 158 valence electrons. The Bertz CT molecular complexity index is 1130. The summed E-state index contributed by atoms with van der Waals surface area (Å²) >= 11 is 0. The lowest BCUT2D eigenvalue weighted by Crippen LogP contribution is -2.28. The molecule has 0 unspecified atom stereocenters. The summed E-state index contributed by atoms with van der Waals surface area (Å²) in [5.74, 6) is -0.419. The average Bonchev–Trinajstić information content (AvgIpc) is 3.01. The summed E-state index contributed by atoms with van der Waals surface area (Å²) in [5, 5.41) is 4.61. The van der Waals surface area contributed by atoms with Crippen molar-refractivity contribution in [1.82, 2.24) is 14.7 Å². The van der Waals surface area contributed by atoms with Crippen LogP contribution in [0.25, 0.3) is 5.69 Å². The lowest BCUT2D eigenvalue weighted by molar-refractivity contribution is -0.130. The van der Waals surface area contributed by atoms with Crippen LogP contribution in [0.1, 0.15) is 28.9 Å². The summed E-state index contributed by atoms with van der Waals surface area (Å²) < 4.78 is 26.9. The molecule has 2 aromatic carbocycles. The van der Waals surface area contributed by atoms with Crippen LogP contribution < -0.4 is 0 Å². The van der Waals surface area contributed by atoms with Crippen molar-refractivity contribution in [2.75, 3.05) is 12.8 Å². The monoisotopic (exact) mass is 425 g/mol. The number of aromatic nitrogens is 2. The maximum absolute atomic E-state index is 12.6. The molecule has 0 fully saturated rings. The maximum atomic E-state index is 12.6. The third-order valence-electron chi connectivity index (χ3n) is 5.23. The number of aryl methyl sites for hydroxylation is 2. The molecule has 0 aliphatic carbocycles. The second kappa shape index (κ2) is 8.83. The summed E-state index contributed by atoms with van der Waals surface area (Å²) in [4.78, 5) is 14.4. The van der Waals surface area contributed by atoms with Crippen LogP contribution in [0, 0.1) is 20.8 Å². The Balaban J connectivity index is 1.68. The highest BCUT2D eigenvalue weighted by atomic mass is 32.2. The Kier molecular flexibility index (Phi) is 6.41. The smallest absolute Gasteiger partial charge is 0.223 e. The first-order valence-corrected chi connectivity index (χ1v) is 11.5. The summed E-state index contributed by atoms with van der Waals surface area (Å²) in [6.45, 7) is 6.18. The number of carbonyl (C=O) groups is 1. The van der Waals surface area contributed by atoms with Gasteiger partial charge in [0.05, 0.1) is 22.0 Å². The quantitative estimate of drug-likeness (QED) is 0.580. The van der Waals surface area contributed by atoms with E-state index in [-0.39, 0.29) is 23.0 Å². The molecular weight excluding hydrogens is 398 g/mol. The van der Waals surface area contributed by atoms with Gasteiger partial charge in [-0.05, 0) is 45.0 Å². The molecule has 0 aliphatic heterocycles. The standard InChI is InChI=1S/C23H27N3O3S/c1-17-10-12-21(13-11-17)30(28,29)15-14-23(27)25(4)16-22-18(2)24-26(19(22)3)20-8-6-5-7-9-20/h5-13H,14-16H2,1-4H3. The maximum Gasteiger partial charge on any atom is 0.223 e. The molecule has 3 rings (SSSR count). The Labute approximate surface area is 178 Å². The third-order valence-corrected chi connectivity index (χ3v) is 6.96. The number of para-hydroxylation sites is 1. The minimum Gasteiger partial charge on any atom is -0.341 e.